The molecule has 2 nitrogen and oxygen atoms in total. The Morgan fingerprint density at radius 3 is 2.02 bits per heavy atom. The van der Waals surface area contributed by atoms with Crippen LogP contribution in [0, 0.1) is 0 Å². The van der Waals surface area contributed by atoms with Crippen LogP contribution < -0.4 is 4.90 Å². The molecule has 0 N–H and O–H groups in total. The number of benzene rings is 8. The highest BCUT2D eigenvalue weighted by Crippen LogP contribution is 2.54. The summed E-state index contributed by atoms with van der Waals surface area (Å²) in [7, 11) is 0. The zero-order chi connectivity index (χ0) is 37.5. The standard InChI is InChI=1S/C53H43NO/c1-52(2,3)36-27-29-44-47(32-36)53(4,5)46-24-14-23-43(51(44)46)41-20-8-10-25-48(41)54(38-28-30-50-45(33-38)42-21-9-11-26-49(42)55-50)37-18-12-17-35(31-37)40-22-13-16-34-15-6-7-19-39(34)40/h6-33H,1-5H3. The van der Waals surface area contributed by atoms with E-state index in [0.29, 0.717) is 0 Å². The molecule has 0 fully saturated rings. The molecule has 1 aromatic heterocycles. The van der Waals surface area contributed by atoms with Crippen molar-refractivity contribution in [1.29, 1.82) is 0 Å². The van der Waals surface area contributed by atoms with Gasteiger partial charge in [0.1, 0.15) is 11.2 Å². The number of para-hydroxylation sites is 2. The molecule has 0 unspecified atom stereocenters. The second kappa shape index (κ2) is 12.3. The maximum Gasteiger partial charge on any atom is 0.135 e. The highest BCUT2D eigenvalue weighted by molar-refractivity contribution is 6.07. The fourth-order valence-corrected chi connectivity index (χ4v) is 8.95. The summed E-state index contributed by atoms with van der Waals surface area (Å²) in [4.78, 5) is 2.44. The first-order chi connectivity index (χ1) is 26.7. The van der Waals surface area contributed by atoms with Crippen molar-refractivity contribution in [1.82, 2.24) is 0 Å². The minimum absolute atomic E-state index is 0.0673. The van der Waals surface area contributed by atoms with Crippen molar-refractivity contribution in [2.75, 3.05) is 4.90 Å². The average Bonchev–Trinajstić information content (AvgIpc) is 3.69. The van der Waals surface area contributed by atoms with Crippen molar-refractivity contribution >= 4 is 49.8 Å². The Labute approximate surface area is 323 Å². The maximum absolute atomic E-state index is 6.32. The SMILES string of the molecule is CC(C)(C)c1ccc2c(c1)C(C)(C)c1cccc(-c3ccccc3N(c3cccc(-c4cccc5ccccc45)c3)c3ccc4oc5ccccc5c4c3)c1-2. The third kappa shape index (κ3) is 5.31. The molecule has 1 heterocycles. The normalized spacial score (nSPS) is 13.3. The lowest BCUT2D eigenvalue weighted by Crippen LogP contribution is -2.17. The molecule has 55 heavy (non-hydrogen) atoms. The number of nitrogens with zero attached hydrogens (tertiary/aromatic N) is 1. The Morgan fingerprint density at radius 2 is 1.15 bits per heavy atom. The molecule has 1 aliphatic rings. The van der Waals surface area contributed by atoms with Gasteiger partial charge in [-0.25, -0.2) is 0 Å². The van der Waals surface area contributed by atoms with E-state index >= 15 is 0 Å². The van der Waals surface area contributed by atoms with Crippen molar-refractivity contribution in [3.05, 3.63) is 187 Å². The van der Waals surface area contributed by atoms with Crippen LogP contribution in [0.25, 0.3) is 66.1 Å². The van der Waals surface area contributed by atoms with Gasteiger partial charge in [0.15, 0.2) is 0 Å². The quantitative estimate of drug-likeness (QED) is 0.177. The predicted octanol–water partition coefficient (Wildman–Crippen LogP) is 15.1. The highest BCUT2D eigenvalue weighted by atomic mass is 16.3. The number of furan rings is 1. The summed E-state index contributed by atoms with van der Waals surface area (Å²) >= 11 is 0. The molecule has 0 saturated carbocycles. The Hall–Kier alpha value is -6.38. The molecule has 0 saturated heterocycles. The number of hydrogen-bond acceptors (Lipinski definition) is 2. The molecular formula is C53H43NO. The summed E-state index contributed by atoms with van der Waals surface area (Å²) in [5.74, 6) is 0. The summed E-state index contributed by atoms with van der Waals surface area (Å²) in [5, 5.41) is 4.70. The minimum Gasteiger partial charge on any atom is -0.456 e. The molecule has 2 heteroatoms. The lowest BCUT2D eigenvalue weighted by molar-refractivity contribution is 0.584. The summed E-state index contributed by atoms with van der Waals surface area (Å²) in [5.41, 5.74) is 16.6. The molecule has 8 aromatic carbocycles. The fourth-order valence-electron chi connectivity index (χ4n) is 8.95. The van der Waals surface area contributed by atoms with Crippen molar-refractivity contribution in [2.24, 2.45) is 0 Å². The smallest absolute Gasteiger partial charge is 0.135 e. The Balaban J connectivity index is 1.22. The number of fused-ring (bicyclic) bond motifs is 7. The van der Waals surface area contributed by atoms with Crippen molar-refractivity contribution in [3.63, 3.8) is 0 Å². The van der Waals surface area contributed by atoms with Crippen LogP contribution in [0.1, 0.15) is 51.3 Å². The van der Waals surface area contributed by atoms with Gasteiger partial charge >= 0.3 is 0 Å². The molecule has 266 valence electrons. The Bertz CT molecular complexity index is 2950. The highest BCUT2D eigenvalue weighted by Gasteiger charge is 2.38. The molecule has 0 aliphatic heterocycles. The van der Waals surface area contributed by atoms with E-state index in [1.165, 1.54) is 60.8 Å². The second-order valence-corrected chi connectivity index (χ2v) is 16.6. The second-order valence-electron chi connectivity index (χ2n) is 16.6. The van der Waals surface area contributed by atoms with Gasteiger partial charge in [0, 0.05) is 33.1 Å². The van der Waals surface area contributed by atoms with E-state index in [9.17, 15) is 0 Å². The molecular weight excluding hydrogens is 667 g/mol. The molecule has 0 bridgehead atoms. The molecule has 9 aromatic rings. The molecule has 1 aliphatic carbocycles. The van der Waals surface area contributed by atoms with Gasteiger partial charge in [-0.3, -0.25) is 0 Å². The first-order valence-corrected chi connectivity index (χ1v) is 19.3. The van der Waals surface area contributed by atoms with Crippen LogP contribution in [0.5, 0.6) is 0 Å². The van der Waals surface area contributed by atoms with Gasteiger partial charge in [0.2, 0.25) is 0 Å². The van der Waals surface area contributed by atoms with Gasteiger partial charge in [-0.1, -0.05) is 162 Å². The number of rotatable bonds is 5. The average molecular weight is 710 g/mol. The van der Waals surface area contributed by atoms with Crippen molar-refractivity contribution in [2.45, 2.75) is 45.4 Å². The first kappa shape index (κ1) is 33.2. The topological polar surface area (TPSA) is 16.4 Å². The van der Waals surface area contributed by atoms with Gasteiger partial charge in [0.25, 0.3) is 0 Å². The van der Waals surface area contributed by atoms with Gasteiger partial charge in [-0.2, -0.15) is 0 Å². The summed E-state index contributed by atoms with van der Waals surface area (Å²) in [6.07, 6.45) is 0. The molecule has 10 rings (SSSR count). The van der Waals surface area contributed by atoms with E-state index in [0.717, 1.165) is 39.0 Å². The van der Waals surface area contributed by atoms with Crippen LogP contribution in [-0.4, -0.2) is 0 Å². The largest absolute Gasteiger partial charge is 0.456 e. The van der Waals surface area contributed by atoms with Crippen LogP contribution >= 0.6 is 0 Å². The van der Waals surface area contributed by atoms with E-state index in [1.54, 1.807) is 0 Å². The van der Waals surface area contributed by atoms with E-state index < -0.39 is 0 Å². The predicted molar refractivity (Wildman–Crippen MR) is 233 cm³/mol. The van der Waals surface area contributed by atoms with Gasteiger partial charge in [0.05, 0.1) is 5.69 Å². The summed E-state index contributed by atoms with van der Waals surface area (Å²) < 4.78 is 6.32. The Kier molecular flexibility index (Phi) is 7.44. The van der Waals surface area contributed by atoms with Crippen LogP contribution in [0.2, 0.25) is 0 Å². The number of anilines is 3. The maximum atomic E-state index is 6.32. The van der Waals surface area contributed by atoms with Crippen LogP contribution in [-0.2, 0) is 10.8 Å². The molecule has 0 radical (unpaired) electrons. The fraction of sp³-hybridized carbons (Fsp3) is 0.132. The van der Waals surface area contributed by atoms with Crippen LogP contribution in [0.15, 0.2) is 174 Å². The minimum atomic E-state index is -0.128. The molecule has 0 spiro atoms. The third-order valence-electron chi connectivity index (χ3n) is 11.8. The van der Waals surface area contributed by atoms with E-state index in [2.05, 4.69) is 203 Å². The van der Waals surface area contributed by atoms with Crippen molar-refractivity contribution in [3.8, 4) is 33.4 Å². The van der Waals surface area contributed by atoms with E-state index in [1.807, 2.05) is 6.07 Å². The van der Waals surface area contributed by atoms with Gasteiger partial charge < -0.3 is 9.32 Å². The van der Waals surface area contributed by atoms with E-state index in [4.69, 9.17) is 4.42 Å². The van der Waals surface area contributed by atoms with Crippen molar-refractivity contribution < 1.29 is 4.42 Å². The third-order valence-corrected chi connectivity index (χ3v) is 11.8. The van der Waals surface area contributed by atoms with Gasteiger partial charge in [-0.15, -0.1) is 0 Å². The summed E-state index contributed by atoms with van der Waals surface area (Å²) in [6, 6.07) is 62.2. The van der Waals surface area contributed by atoms with E-state index in [-0.39, 0.29) is 10.8 Å². The lowest BCUT2D eigenvalue weighted by atomic mass is 9.79. The van der Waals surface area contributed by atoms with Gasteiger partial charge in [-0.05, 0) is 103 Å². The monoisotopic (exact) mass is 709 g/mol. The lowest BCUT2D eigenvalue weighted by Gasteiger charge is -2.29. The Morgan fingerprint density at radius 1 is 0.473 bits per heavy atom. The van der Waals surface area contributed by atoms with Crippen LogP contribution in [0.4, 0.5) is 17.1 Å². The zero-order valence-electron chi connectivity index (χ0n) is 32.0. The number of hydrogen-bond donors (Lipinski definition) is 0. The summed E-state index contributed by atoms with van der Waals surface area (Å²) in [6.45, 7) is 11.7. The van der Waals surface area contributed by atoms with Crippen LogP contribution in [0.3, 0.4) is 0 Å². The zero-order valence-corrected chi connectivity index (χ0v) is 32.0. The molecule has 0 amide bonds. The molecule has 0 atom stereocenters. The first-order valence-electron chi connectivity index (χ1n) is 19.3.